The summed E-state index contributed by atoms with van der Waals surface area (Å²) >= 11 is 0. The Bertz CT molecular complexity index is 392. The van der Waals surface area contributed by atoms with Gasteiger partial charge in [-0.05, 0) is 18.4 Å². The number of hydrogen-bond acceptors (Lipinski definition) is 2. The van der Waals surface area contributed by atoms with E-state index in [9.17, 15) is 0 Å². The molecule has 0 radical (unpaired) electrons. The standard InChI is InChI=1S/C14H21NO/c1-9-5-6-12-10(7-9)11(15)8-13(16-12)14(2,3)4/h5-7,11,13H,8,15H2,1-4H3/t11-,13?/m1/s1. The van der Waals surface area contributed by atoms with Crippen LogP contribution in [0, 0.1) is 12.3 Å². The van der Waals surface area contributed by atoms with Gasteiger partial charge in [0.1, 0.15) is 11.9 Å². The number of hydrogen-bond donors (Lipinski definition) is 1. The smallest absolute Gasteiger partial charge is 0.124 e. The second kappa shape index (κ2) is 3.77. The van der Waals surface area contributed by atoms with Crippen LogP contribution in [0.25, 0.3) is 0 Å². The molecule has 16 heavy (non-hydrogen) atoms. The lowest BCUT2D eigenvalue weighted by molar-refractivity contribution is 0.0581. The molecular weight excluding hydrogens is 198 g/mol. The molecule has 1 unspecified atom stereocenters. The van der Waals surface area contributed by atoms with Crippen molar-refractivity contribution in [3.8, 4) is 5.75 Å². The Morgan fingerprint density at radius 3 is 2.62 bits per heavy atom. The molecule has 1 aliphatic heterocycles. The minimum absolute atomic E-state index is 0.105. The molecule has 0 saturated carbocycles. The first-order valence-electron chi connectivity index (χ1n) is 5.91. The topological polar surface area (TPSA) is 35.2 Å². The Kier molecular flexibility index (Phi) is 2.70. The predicted molar refractivity (Wildman–Crippen MR) is 66.6 cm³/mol. The summed E-state index contributed by atoms with van der Waals surface area (Å²) in [6, 6.07) is 6.37. The molecule has 1 aromatic rings. The zero-order valence-electron chi connectivity index (χ0n) is 10.6. The third kappa shape index (κ3) is 2.07. The summed E-state index contributed by atoms with van der Waals surface area (Å²) in [5.74, 6) is 0.962. The first-order valence-corrected chi connectivity index (χ1v) is 5.91. The molecule has 2 rings (SSSR count). The summed E-state index contributed by atoms with van der Waals surface area (Å²) in [5, 5.41) is 0. The largest absolute Gasteiger partial charge is 0.489 e. The van der Waals surface area contributed by atoms with Gasteiger partial charge in [0, 0.05) is 18.0 Å². The second-order valence-electron chi connectivity index (χ2n) is 5.86. The fraction of sp³-hybridized carbons (Fsp3) is 0.571. The highest BCUT2D eigenvalue weighted by Gasteiger charge is 2.33. The number of benzene rings is 1. The molecule has 0 aliphatic carbocycles. The summed E-state index contributed by atoms with van der Waals surface area (Å²) in [6.45, 7) is 8.68. The molecule has 88 valence electrons. The monoisotopic (exact) mass is 219 g/mol. The van der Waals surface area contributed by atoms with Crippen molar-refractivity contribution in [1.82, 2.24) is 0 Å². The van der Waals surface area contributed by atoms with Crippen LogP contribution < -0.4 is 10.5 Å². The van der Waals surface area contributed by atoms with Crippen LogP contribution in [0.15, 0.2) is 18.2 Å². The maximum absolute atomic E-state index is 6.22. The van der Waals surface area contributed by atoms with Gasteiger partial charge in [-0.3, -0.25) is 0 Å². The van der Waals surface area contributed by atoms with Crippen molar-refractivity contribution < 1.29 is 4.74 Å². The molecule has 1 aliphatic rings. The molecule has 1 heterocycles. The van der Waals surface area contributed by atoms with Crippen molar-refractivity contribution in [3.63, 3.8) is 0 Å². The Balaban J connectivity index is 2.34. The summed E-state index contributed by atoms with van der Waals surface area (Å²) in [6.07, 6.45) is 1.11. The van der Waals surface area contributed by atoms with Gasteiger partial charge >= 0.3 is 0 Å². The Morgan fingerprint density at radius 1 is 1.31 bits per heavy atom. The molecule has 2 nitrogen and oxygen atoms in total. The van der Waals surface area contributed by atoms with Crippen molar-refractivity contribution in [2.24, 2.45) is 11.1 Å². The van der Waals surface area contributed by atoms with Crippen molar-refractivity contribution in [3.05, 3.63) is 29.3 Å². The SMILES string of the molecule is Cc1ccc2c(c1)[C@H](N)CC(C(C)(C)C)O2. The average molecular weight is 219 g/mol. The molecule has 0 aromatic heterocycles. The van der Waals surface area contributed by atoms with Crippen molar-refractivity contribution in [2.75, 3.05) is 0 Å². The van der Waals surface area contributed by atoms with Crippen LogP contribution >= 0.6 is 0 Å². The quantitative estimate of drug-likeness (QED) is 0.727. The molecular formula is C14H21NO. The molecule has 1 aromatic carbocycles. The van der Waals surface area contributed by atoms with Crippen LogP contribution in [0.2, 0.25) is 0 Å². The number of rotatable bonds is 0. The molecule has 0 amide bonds. The predicted octanol–water partition coefficient (Wildman–Crippen LogP) is 3.19. The Labute approximate surface area is 97.8 Å². The highest BCUT2D eigenvalue weighted by atomic mass is 16.5. The minimum atomic E-state index is 0.105. The summed E-state index contributed by atoms with van der Waals surface area (Å²) in [5.41, 5.74) is 8.76. The van der Waals surface area contributed by atoms with Crippen LogP contribution in [-0.4, -0.2) is 6.10 Å². The van der Waals surface area contributed by atoms with Crippen molar-refractivity contribution in [2.45, 2.75) is 46.3 Å². The molecule has 0 saturated heterocycles. The van der Waals surface area contributed by atoms with E-state index in [1.54, 1.807) is 0 Å². The van der Waals surface area contributed by atoms with Crippen LogP contribution in [0.3, 0.4) is 0 Å². The average Bonchev–Trinajstić information content (AvgIpc) is 2.17. The zero-order valence-corrected chi connectivity index (χ0v) is 10.6. The van der Waals surface area contributed by atoms with Gasteiger partial charge in [0.2, 0.25) is 0 Å². The molecule has 2 heteroatoms. The van der Waals surface area contributed by atoms with Gasteiger partial charge in [0.15, 0.2) is 0 Å². The van der Waals surface area contributed by atoms with E-state index in [0.29, 0.717) is 0 Å². The fourth-order valence-corrected chi connectivity index (χ4v) is 2.15. The molecule has 2 N–H and O–H groups in total. The van der Waals surface area contributed by atoms with E-state index in [0.717, 1.165) is 17.7 Å². The van der Waals surface area contributed by atoms with Gasteiger partial charge in [-0.1, -0.05) is 38.5 Å². The van der Waals surface area contributed by atoms with E-state index in [1.807, 2.05) is 6.07 Å². The zero-order chi connectivity index (χ0) is 11.9. The lowest BCUT2D eigenvalue weighted by Gasteiger charge is -2.38. The normalized spacial score (nSPS) is 24.8. The summed E-state index contributed by atoms with van der Waals surface area (Å²) in [4.78, 5) is 0. The number of aryl methyl sites for hydroxylation is 1. The third-order valence-corrected chi connectivity index (χ3v) is 3.27. The van der Waals surface area contributed by atoms with E-state index in [1.165, 1.54) is 5.56 Å². The maximum atomic E-state index is 6.22. The first-order chi connectivity index (χ1) is 7.38. The first kappa shape index (κ1) is 11.5. The number of ether oxygens (including phenoxy) is 1. The molecule has 0 bridgehead atoms. The van der Waals surface area contributed by atoms with Crippen molar-refractivity contribution >= 4 is 0 Å². The highest BCUT2D eigenvalue weighted by molar-refractivity contribution is 5.40. The van der Waals surface area contributed by atoms with Gasteiger partial charge in [0.05, 0.1) is 0 Å². The molecule has 0 spiro atoms. The van der Waals surface area contributed by atoms with E-state index in [4.69, 9.17) is 10.5 Å². The van der Waals surface area contributed by atoms with Gasteiger partial charge in [-0.2, -0.15) is 0 Å². The van der Waals surface area contributed by atoms with E-state index in [-0.39, 0.29) is 17.6 Å². The number of fused-ring (bicyclic) bond motifs is 1. The summed E-state index contributed by atoms with van der Waals surface area (Å²) < 4.78 is 6.04. The minimum Gasteiger partial charge on any atom is -0.489 e. The van der Waals surface area contributed by atoms with Crippen LogP contribution in [0.5, 0.6) is 5.75 Å². The van der Waals surface area contributed by atoms with Gasteiger partial charge in [-0.15, -0.1) is 0 Å². The lowest BCUT2D eigenvalue weighted by atomic mass is 9.82. The van der Waals surface area contributed by atoms with Gasteiger partial charge in [-0.25, -0.2) is 0 Å². The Morgan fingerprint density at radius 2 is 2.00 bits per heavy atom. The molecule has 0 fully saturated rings. The van der Waals surface area contributed by atoms with E-state index < -0.39 is 0 Å². The van der Waals surface area contributed by atoms with E-state index in [2.05, 4.69) is 39.8 Å². The molecule has 2 atom stereocenters. The van der Waals surface area contributed by atoms with Crippen molar-refractivity contribution in [1.29, 1.82) is 0 Å². The maximum Gasteiger partial charge on any atom is 0.124 e. The second-order valence-corrected chi connectivity index (χ2v) is 5.86. The number of nitrogens with two attached hydrogens (primary N) is 1. The van der Waals surface area contributed by atoms with Crippen LogP contribution in [0.4, 0.5) is 0 Å². The van der Waals surface area contributed by atoms with E-state index >= 15 is 0 Å². The Hall–Kier alpha value is -1.02. The van der Waals surface area contributed by atoms with Crippen LogP contribution in [-0.2, 0) is 0 Å². The highest BCUT2D eigenvalue weighted by Crippen LogP contribution is 2.39. The fourth-order valence-electron chi connectivity index (χ4n) is 2.15. The lowest BCUT2D eigenvalue weighted by Crippen LogP contribution is -2.38. The van der Waals surface area contributed by atoms with Crippen LogP contribution in [0.1, 0.15) is 44.4 Å². The third-order valence-electron chi connectivity index (χ3n) is 3.27. The van der Waals surface area contributed by atoms with Gasteiger partial charge < -0.3 is 10.5 Å². The van der Waals surface area contributed by atoms with Gasteiger partial charge in [0.25, 0.3) is 0 Å². The summed E-state index contributed by atoms with van der Waals surface area (Å²) in [7, 11) is 0.